The van der Waals surface area contributed by atoms with Gasteiger partial charge in [-0.1, -0.05) is 30.3 Å². The van der Waals surface area contributed by atoms with Gasteiger partial charge in [-0.25, -0.2) is 4.79 Å². The molecule has 1 aliphatic heterocycles. The molecule has 1 aliphatic rings. The van der Waals surface area contributed by atoms with Crippen molar-refractivity contribution in [1.82, 2.24) is 9.88 Å². The van der Waals surface area contributed by atoms with E-state index in [2.05, 4.69) is 34.5 Å². The molecule has 0 bridgehead atoms. The number of para-hydroxylation sites is 1. The molecule has 0 spiro atoms. The summed E-state index contributed by atoms with van der Waals surface area (Å²) in [7, 11) is 0. The van der Waals surface area contributed by atoms with E-state index < -0.39 is 6.03 Å². The number of carbonyl (C=O) groups excluding carboxylic acids is 1. The molecule has 1 saturated heterocycles. The maximum absolute atomic E-state index is 12.0. The normalized spacial score (nSPS) is 15.3. The molecule has 0 atom stereocenters. The Labute approximate surface area is 147 Å². The number of hydrogen-bond donors (Lipinski definition) is 2. The van der Waals surface area contributed by atoms with Crippen molar-refractivity contribution in [3.05, 3.63) is 54.6 Å². The van der Waals surface area contributed by atoms with Gasteiger partial charge >= 0.3 is 6.03 Å². The number of benzene rings is 2. The van der Waals surface area contributed by atoms with Crippen molar-refractivity contribution in [1.29, 1.82) is 0 Å². The number of rotatable bonds is 2. The lowest BCUT2D eigenvalue weighted by molar-refractivity contribution is 0.251. The van der Waals surface area contributed by atoms with Gasteiger partial charge in [-0.15, -0.1) is 0 Å². The van der Waals surface area contributed by atoms with Crippen molar-refractivity contribution in [2.24, 2.45) is 5.73 Å². The predicted molar refractivity (Wildman–Crippen MR) is 102 cm³/mol. The number of nitrogens with zero attached hydrogens (tertiary/aromatic N) is 2. The van der Waals surface area contributed by atoms with E-state index in [1.165, 1.54) is 5.69 Å². The van der Waals surface area contributed by atoms with Crippen LogP contribution >= 0.6 is 0 Å². The molecule has 128 valence electrons. The summed E-state index contributed by atoms with van der Waals surface area (Å²) in [6.45, 7) is 4.17. The first-order valence-corrected chi connectivity index (χ1v) is 8.70. The summed E-state index contributed by atoms with van der Waals surface area (Å²) in [5.74, 6) is 0. The minimum Gasteiger partial charge on any atom is -0.370 e. The average molecular weight is 334 g/mol. The summed E-state index contributed by atoms with van der Waals surface area (Å²) in [5, 5.41) is 4.44. The Morgan fingerprint density at radius 3 is 2.60 bits per heavy atom. The molecule has 5 heteroatoms. The van der Waals surface area contributed by atoms with Gasteiger partial charge in [-0.3, -0.25) is 4.57 Å². The summed E-state index contributed by atoms with van der Waals surface area (Å²) >= 11 is 0. The molecule has 0 aliphatic carbocycles. The van der Waals surface area contributed by atoms with Crippen molar-refractivity contribution in [2.45, 2.75) is 6.42 Å². The minimum absolute atomic E-state index is 0.459. The Balaban J connectivity index is 1.71. The molecule has 25 heavy (non-hydrogen) atoms. The molecule has 2 heterocycles. The minimum atomic E-state index is -0.459. The number of anilines is 1. The Morgan fingerprint density at radius 1 is 1.00 bits per heavy atom. The Hall–Kier alpha value is -2.79. The molecule has 1 fully saturated rings. The number of fused-ring (bicyclic) bond motifs is 1. The molecule has 3 aromatic rings. The number of nitrogens with two attached hydrogens (primary N) is 1. The lowest BCUT2D eigenvalue weighted by atomic mass is 10.1. The van der Waals surface area contributed by atoms with Crippen molar-refractivity contribution >= 4 is 22.6 Å². The van der Waals surface area contributed by atoms with Crippen molar-refractivity contribution < 1.29 is 4.79 Å². The maximum atomic E-state index is 12.0. The molecule has 4 rings (SSSR count). The number of nitrogens with one attached hydrogen (secondary N) is 1. The summed E-state index contributed by atoms with van der Waals surface area (Å²) in [6.07, 6.45) is 1.15. The standard InChI is InChI=1S/C20H22N4O/c21-20(25)24-18-5-2-1-4-16(18)14-19(24)15-6-8-17(9-7-15)23-12-3-10-22-11-13-23/h1-2,4-9,14,22H,3,10-13H2,(H2,21,25). The van der Waals surface area contributed by atoms with Crippen LogP contribution in [-0.2, 0) is 0 Å². The van der Waals surface area contributed by atoms with Gasteiger partial charge < -0.3 is 16.0 Å². The van der Waals surface area contributed by atoms with Crippen LogP contribution in [0.1, 0.15) is 6.42 Å². The molecular weight excluding hydrogens is 312 g/mol. The zero-order valence-electron chi connectivity index (χ0n) is 14.1. The van der Waals surface area contributed by atoms with Crippen LogP contribution in [0.3, 0.4) is 0 Å². The second kappa shape index (κ2) is 6.61. The van der Waals surface area contributed by atoms with Gasteiger partial charge in [-0.05, 0) is 42.8 Å². The van der Waals surface area contributed by atoms with E-state index in [4.69, 9.17) is 5.73 Å². The van der Waals surface area contributed by atoms with Crippen molar-refractivity contribution in [3.63, 3.8) is 0 Å². The van der Waals surface area contributed by atoms with Gasteiger partial charge in [0.05, 0.1) is 11.2 Å². The van der Waals surface area contributed by atoms with Crippen LogP contribution in [0.15, 0.2) is 54.6 Å². The largest absolute Gasteiger partial charge is 0.370 e. The van der Waals surface area contributed by atoms with Gasteiger partial charge in [0.25, 0.3) is 0 Å². The third-order valence-electron chi connectivity index (χ3n) is 4.80. The second-order valence-corrected chi connectivity index (χ2v) is 6.40. The molecule has 5 nitrogen and oxygen atoms in total. The Morgan fingerprint density at radius 2 is 1.80 bits per heavy atom. The molecule has 0 saturated carbocycles. The molecule has 3 N–H and O–H groups in total. The van der Waals surface area contributed by atoms with Crippen LogP contribution in [-0.4, -0.2) is 36.8 Å². The molecule has 0 unspecified atom stereocenters. The highest BCUT2D eigenvalue weighted by Crippen LogP contribution is 2.29. The fourth-order valence-corrected chi connectivity index (χ4v) is 3.55. The zero-order chi connectivity index (χ0) is 17.2. The first-order valence-electron chi connectivity index (χ1n) is 8.70. The van der Waals surface area contributed by atoms with Crippen molar-refractivity contribution in [2.75, 3.05) is 31.1 Å². The molecule has 0 radical (unpaired) electrons. The lowest BCUT2D eigenvalue weighted by Gasteiger charge is -2.22. The number of aromatic nitrogens is 1. The molecule has 1 amide bonds. The number of amides is 1. The summed E-state index contributed by atoms with van der Waals surface area (Å²) < 4.78 is 1.58. The quantitative estimate of drug-likeness (QED) is 0.757. The van der Waals surface area contributed by atoms with Gasteiger partial charge in [-0.2, -0.15) is 0 Å². The first kappa shape index (κ1) is 15.7. The number of primary amides is 1. The van der Waals surface area contributed by atoms with Gasteiger partial charge in [0.15, 0.2) is 0 Å². The van der Waals surface area contributed by atoms with E-state index in [1.54, 1.807) is 4.57 Å². The Kier molecular flexibility index (Phi) is 4.15. The summed E-state index contributed by atoms with van der Waals surface area (Å²) in [6, 6.07) is 17.8. The summed E-state index contributed by atoms with van der Waals surface area (Å²) in [5.41, 5.74) is 9.52. The van der Waals surface area contributed by atoms with Crippen molar-refractivity contribution in [3.8, 4) is 11.3 Å². The monoisotopic (exact) mass is 334 g/mol. The van der Waals surface area contributed by atoms with E-state index >= 15 is 0 Å². The number of carbonyl (C=O) groups is 1. The van der Waals surface area contributed by atoms with E-state index in [0.717, 1.165) is 54.8 Å². The van der Waals surface area contributed by atoms with Crippen LogP contribution in [0.25, 0.3) is 22.2 Å². The van der Waals surface area contributed by atoms with Crippen LogP contribution in [0.5, 0.6) is 0 Å². The van der Waals surface area contributed by atoms with Gasteiger partial charge in [0, 0.05) is 30.7 Å². The third-order valence-corrected chi connectivity index (χ3v) is 4.80. The summed E-state index contributed by atoms with van der Waals surface area (Å²) in [4.78, 5) is 14.4. The first-order chi connectivity index (χ1) is 12.2. The van der Waals surface area contributed by atoms with E-state index in [9.17, 15) is 4.79 Å². The third kappa shape index (κ3) is 2.98. The number of hydrogen-bond acceptors (Lipinski definition) is 3. The second-order valence-electron chi connectivity index (χ2n) is 6.40. The predicted octanol–water partition coefficient (Wildman–Crippen LogP) is 3.03. The van der Waals surface area contributed by atoms with Crippen LogP contribution < -0.4 is 16.0 Å². The fraction of sp³-hybridized carbons (Fsp3) is 0.250. The van der Waals surface area contributed by atoms with Crippen LogP contribution in [0, 0.1) is 0 Å². The van der Waals surface area contributed by atoms with Crippen LogP contribution in [0.4, 0.5) is 10.5 Å². The fourth-order valence-electron chi connectivity index (χ4n) is 3.55. The SMILES string of the molecule is NC(=O)n1c(-c2ccc(N3CCCNCC3)cc2)cc2ccccc21. The molecule has 2 aromatic carbocycles. The molecular formula is C20H22N4O. The lowest BCUT2D eigenvalue weighted by Crippen LogP contribution is -2.27. The topological polar surface area (TPSA) is 63.3 Å². The highest BCUT2D eigenvalue weighted by atomic mass is 16.2. The van der Waals surface area contributed by atoms with Gasteiger partial charge in [0.2, 0.25) is 0 Å². The van der Waals surface area contributed by atoms with E-state index in [-0.39, 0.29) is 0 Å². The maximum Gasteiger partial charge on any atom is 0.323 e. The smallest absolute Gasteiger partial charge is 0.323 e. The van der Waals surface area contributed by atoms with Crippen LogP contribution in [0.2, 0.25) is 0 Å². The Bertz CT molecular complexity index is 890. The highest BCUT2D eigenvalue weighted by molar-refractivity contribution is 5.97. The van der Waals surface area contributed by atoms with E-state index in [1.807, 2.05) is 30.3 Å². The van der Waals surface area contributed by atoms with E-state index in [0.29, 0.717) is 0 Å². The zero-order valence-corrected chi connectivity index (χ0v) is 14.1. The highest BCUT2D eigenvalue weighted by Gasteiger charge is 2.15. The average Bonchev–Trinajstić information content (AvgIpc) is 2.81. The van der Waals surface area contributed by atoms with Gasteiger partial charge in [0.1, 0.15) is 0 Å². The molecule has 1 aromatic heterocycles.